The lowest BCUT2D eigenvalue weighted by Gasteiger charge is -2.13. The Hall–Kier alpha value is -2.59. The number of aromatic amines is 1. The predicted molar refractivity (Wildman–Crippen MR) is 100 cm³/mol. The minimum absolute atomic E-state index is 0.0425. The van der Waals surface area contributed by atoms with Gasteiger partial charge in [-0.2, -0.15) is 0 Å². The number of carbonyl (C=O) groups excluding carboxylic acids is 1. The van der Waals surface area contributed by atoms with Crippen molar-refractivity contribution < 1.29 is 9.53 Å². The zero-order chi connectivity index (χ0) is 17.5. The van der Waals surface area contributed by atoms with Gasteiger partial charge in [0.15, 0.2) is 0 Å². The van der Waals surface area contributed by atoms with Crippen LogP contribution in [0.2, 0.25) is 0 Å². The predicted octanol–water partition coefficient (Wildman–Crippen LogP) is 3.99. The van der Waals surface area contributed by atoms with Crippen LogP contribution in [-0.2, 0) is 16.0 Å². The van der Waals surface area contributed by atoms with E-state index in [0.29, 0.717) is 19.6 Å². The highest BCUT2D eigenvalue weighted by Gasteiger charge is 2.08. The van der Waals surface area contributed by atoms with Crippen molar-refractivity contribution in [3.63, 3.8) is 0 Å². The summed E-state index contributed by atoms with van der Waals surface area (Å²) >= 11 is 0. The second-order valence-corrected chi connectivity index (χ2v) is 6.16. The molecule has 0 saturated heterocycles. The molecule has 0 aliphatic heterocycles. The maximum Gasteiger partial charge on any atom is 0.224 e. The van der Waals surface area contributed by atoms with Crippen LogP contribution in [0, 0.1) is 0 Å². The van der Waals surface area contributed by atoms with Gasteiger partial charge in [-0.1, -0.05) is 48.5 Å². The molecule has 0 saturated carbocycles. The first-order valence-electron chi connectivity index (χ1n) is 8.72. The molecule has 2 aromatic carbocycles. The first kappa shape index (κ1) is 17.2. The van der Waals surface area contributed by atoms with E-state index in [1.54, 1.807) is 0 Å². The Morgan fingerprint density at radius 2 is 1.88 bits per heavy atom. The first-order chi connectivity index (χ1) is 12.2. The SMILES string of the molecule is CC(OCCCNC(=O)Cc1c[nH]c2ccccc12)c1ccccc1. The highest BCUT2D eigenvalue weighted by molar-refractivity contribution is 5.88. The van der Waals surface area contributed by atoms with Crippen LogP contribution in [0.5, 0.6) is 0 Å². The minimum Gasteiger partial charge on any atom is -0.374 e. The van der Waals surface area contributed by atoms with Crippen LogP contribution >= 0.6 is 0 Å². The van der Waals surface area contributed by atoms with Gasteiger partial charge >= 0.3 is 0 Å². The molecule has 0 radical (unpaired) electrons. The van der Waals surface area contributed by atoms with Crippen LogP contribution in [0.25, 0.3) is 10.9 Å². The Morgan fingerprint density at radius 1 is 1.12 bits per heavy atom. The Balaban J connectivity index is 1.37. The molecule has 0 fully saturated rings. The number of hydrogen-bond acceptors (Lipinski definition) is 2. The van der Waals surface area contributed by atoms with E-state index in [4.69, 9.17) is 4.74 Å². The number of ether oxygens (including phenoxy) is 1. The van der Waals surface area contributed by atoms with Crippen molar-refractivity contribution in [2.75, 3.05) is 13.2 Å². The monoisotopic (exact) mass is 336 g/mol. The molecule has 1 atom stereocenters. The van der Waals surface area contributed by atoms with Crippen LogP contribution in [-0.4, -0.2) is 24.0 Å². The summed E-state index contributed by atoms with van der Waals surface area (Å²) in [6.45, 7) is 3.30. The van der Waals surface area contributed by atoms with E-state index < -0.39 is 0 Å². The second kappa shape index (κ2) is 8.49. The molecule has 0 aliphatic carbocycles. The molecular weight excluding hydrogens is 312 g/mol. The number of nitrogens with one attached hydrogen (secondary N) is 2. The van der Waals surface area contributed by atoms with E-state index in [1.807, 2.05) is 55.6 Å². The number of para-hydroxylation sites is 1. The van der Waals surface area contributed by atoms with Crippen LogP contribution in [0.4, 0.5) is 0 Å². The van der Waals surface area contributed by atoms with Crippen molar-refractivity contribution >= 4 is 16.8 Å². The summed E-state index contributed by atoms with van der Waals surface area (Å²) < 4.78 is 5.82. The lowest BCUT2D eigenvalue weighted by atomic mass is 10.1. The fourth-order valence-electron chi connectivity index (χ4n) is 2.89. The maximum absolute atomic E-state index is 12.1. The molecule has 25 heavy (non-hydrogen) atoms. The molecule has 3 aromatic rings. The van der Waals surface area contributed by atoms with Gasteiger partial charge in [-0.05, 0) is 30.5 Å². The van der Waals surface area contributed by atoms with Crippen LogP contribution in [0.15, 0.2) is 60.8 Å². The fourth-order valence-corrected chi connectivity index (χ4v) is 2.89. The van der Waals surface area contributed by atoms with E-state index in [-0.39, 0.29) is 12.0 Å². The van der Waals surface area contributed by atoms with Gasteiger partial charge in [0.2, 0.25) is 5.91 Å². The number of fused-ring (bicyclic) bond motifs is 1. The van der Waals surface area contributed by atoms with Crippen molar-refractivity contribution in [1.29, 1.82) is 0 Å². The third-order valence-corrected chi connectivity index (χ3v) is 4.31. The number of hydrogen-bond donors (Lipinski definition) is 2. The van der Waals surface area contributed by atoms with Crippen molar-refractivity contribution in [3.05, 3.63) is 71.9 Å². The van der Waals surface area contributed by atoms with Gasteiger partial charge in [0.25, 0.3) is 0 Å². The molecule has 4 heteroatoms. The van der Waals surface area contributed by atoms with E-state index in [0.717, 1.165) is 22.9 Å². The van der Waals surface area contributed by atoms with Crippen molar-refractivity contribution in [1.82, 2.24) is 10.3 Å². The molecule has 1 aromatic heterocycles. The highest BCUT2D eigenvalue weighted by Crippen LogP contribution is 2.18. The molecule has 1 heterocycles. The van der Waals surface area contributed by atoms with Gasteiger partial charge in [-0.25, -0.2) is 0 Å². The van der Waals surface area contributed by atoms with E-state index >= 15 is 0 Å². The van der Waals surface area contributed by atoms with Crippen LogP contribution in [0.3, 0.4) is 0 Å². The Bertz CT molecular complexity index is 811. The lowest BCUT2D eigenvalue weighted by molar-refractivity contribution is -0.120. The summed E-state index contributed by atoms with van der Waals surface area (Å²) in [5.41, 5.74) is 3.27. The van der Waals surface area contributed by atoms with Gasteiger partial charge in [-0.15, -0.1) is 0 Å². The quantitative estimate of drug-likeness (QED) is 0.611. The van der Waals surface area contributed by atoms with E-state index in [1.165, 1.54) is 5.56 Å². The van der Waals surface area contributed by atoms with Gasteiger partial charge in [-0.3, -0.25) is 4.79 Å². The summed E-state index contributed by atoms with van der Waals surface area (Å²) in [5, 5.41) is 4.08. The molecule has 2 N–H and O–H groups in total. The Kier molecular flexibility index (Phi) is 5.86. The minimum atomic E-state index is 0.0425. The van der Waals surface area contributed by atoms with E-state index in [2.05, 4.69) is 22.4 Å². The van der Waals surface area contributed by atoms with Crippen molar-refractivity contribution in [2.45, 2.75) is 25.9 Å². The fraction of sp³-hybridized carbons (Fsp3) is 0.286. The standard InChI is InChI=1S/C21H24N2O2/c1-16(17-8-3-2-4-9-17)25-13-7-12-22-21(24)14-18-15-23-20-11-6-5-10-19(18)20/h2-6,8-11,15-16,23H,7,12-14H2,1H3,(H,22,24). The van der Waals surface area contributed by atoms with E-state index in [9.17, 15) is 4.79 Å². The largest absolute Gasteiger partial charge is 0.374 e. The molecule has 130 valence electrons. The first-order valence-corrected chi connectivity index (χ1v) is 8.72. The maximum atomic E-state index is 12.1. The van der Waals surface area contributed by atoms with Crippen LogP contribution < -0.4 is 5.32 Å². The summed E-state index contributed by atoms with van der Waals surface area (Å²) in [4.78, 5) is 15.3. The number of aromatic nitrogens is 1. The third-order valence-electron chi connectivity index (χ3n) is 4.31. The molecule has 0 aliphatic rings. The topological polar surface area (TPSA) is 54.1 Å². The van der Waals surface area contributed by atoms with Gasteiger partial charge < -0.3 is 15.0 Å². The average molecular weight is 336 g/mol. The van der Waals surface area contributed by atoms with Gasteiger partial charge in [0, 0.05) is 30.3 Å². The highest BCUT2D eigenvalue weighted by atomic mass is 16.5. The number of rotatable bonds is 8. The van der Waals surface area contributed by atoms with Gasteiger partial charge in [0.1, 0.15) is 0 Å². The van der Waals surface area contributed by atoms with Gasteiger partial charge in [0.05, 0.1) is 12.5 Å². The summed E-state index contributed by atoms with van der Waals surface area (Å²) in [6.07, 6.45) is 3.18. The zero-order valence-corrected chi connectivity index (χ0v) is 14.5. The van der Waals surface area contributed by atoms with Crippen molar-refractivity contribution in [3.8, 4) is 0 Å². The zero-order valence-electron chi connectivity index (χ0n) is 14.5. The average Bonchev–Trinajstić information content (AvgIpc) is 3.05. The molecule has 4 nitrogen and oxygen atoms in total. The summed E-state index contributed by atoms with van der Waals surface area (Å²) in [7, 11) is 0. The summed E-state index contributed by atoms with van der Waals surface area (Å²) in [5.74, 6) is 0.0425. The number of H-pyrrole nitrogens is 1. The normalized spacial score (nSPS) is 12.2. The molecule has 1 amide bonds. The lowest BCUT2D eigenvalue weighted by Crippen LogP contribution is -2.26. The van der Waals surface area contributed by atoms with Crippen LogP contribution in [0.1, 0.15) is 30.6 Å². The molecular formula is C21H24N2O2. The smallest absolute Gasteiger partial charge is 0.224 e. The van der Waals surface area contributed by atoms with Crippen molar-refractivity contribution in [2.24, 2.45) is 0 Å². The number of carbonyl (C=O) groups is 1. The second-order valence-electron chi connectivity index (χ2n) is 6.16. The molecule has 3 rings (SSSR count). The molecule has 0 spiro atoms. The molecule has 0 bridgehead atoms. The Morgan fingerprint density at radius 3 is 2.72 bits per heavy atom. The number of amides is 1. The Labute approximate surface area is 148 Å². The molecule has 1 unspecified atom stereocenters. The number of benzene rings is 2. The third kappa shape index (κ3) is 4.70. The summed E-state index contributed by atoms with van der Waals surface area (Å²) in [6, 6.07) is 18.2.